The lowest BCUT2D eigenvalue weighted by molar-refractivity contribution is -0.117. The van der Waals surface area contributed by atoms with Gasteiger partial charge in [0.1, 0.15) is 12.4 Å². The molecule has 3 rings (SSSR count). The Hall–Kier alpha value is -1.55. The highest BCUT2D eigenvalue weighted by Crippen LogP contribution is 2.27. The molecule has 1 aliphatic carbocycles. The quantitative estimate of drug-likeness (QED) is 0.857. The van der Waals surface area contributed by atoms with Crippen LogP contribution in [0.4, 0.5) is 5.69 Å². The second-order valence-electron chi connectivity index (χ2n) is 6.73. The maximum atomic E-state index is 12.2. The van der Waals surface area contributed by atoms with E-state index in [2.05, 4.69) is 5.32 Å². The minimum atomic E-state index is 0.119. The van der Waals surface area contributed by atoms with Crippen molar-refractivity contribution >= 4 is 11.6 Å². The van der Waals surface area contributed by atoms with Gasteiger partial charge in [-0.3, -0.25) is 4.79 Å². The first-order valence-electron chi connectivity index (χ1n) is 8.94. The Labute approximate surface area is 138 Å². The van der Waals surface area contributed by atoms with Crippen molar-refractivity contribution in [1.82, 2.24) is 0 Å². The normalized spacial score (nSPS) is 22.0. The minimum Gasteiger partial charge on any atom is -0.491 e. The molecule has 1 aromatic rings. The monoisotopic (exact) mass is 317 g/mol. The molecule has 1 N–H and O–H groups in total. The molecule has 0 spiro atoms. The predicted octanol–water partition coefficient (Wildman–Crippen LogP) is 4.15. The molecule has 1 amide bonds. The zero-order chi connectivity index (χ0) is 15.9. The third-order valence-corrected chi connectivity index (χ3v) is 4.78. The summed E-state index contributed by atoms with van der Waals surface area (Å²) >= 11 is 0. The Bertz CT molecular complexity index is 505. The molecule has 2 fully saturated rings. The minimum absolute atomic E-state index is 0.119. The van der Waals surface area contributed by atoms with Gasteiger partial charge in [-0.1, -0.05) is 25.3 Å². The van der Waals surface area contributed by atoms with Crippen molar-refractivity contribution in [2.24, 2.45) is 5.92 Å². The number of amides is 1. The topological polar surface area (TPSA) is 47.6 Å². The van der Waals surface area contributed by atoms with Crippen molar-refractivity contribution in [2.75, 3.05) is 18.5 Å². The van der Waals surface area contributed by atoms with E-state index in [4.69, 9.17) is 9.47 Å². The van der Waals surface area contributed by atoms with Crippen LogP contribution in [0.1, 0.15) is 51.4 Å². The van der Waals surface area contributed by atoms with Crippen LogP contribution in [0.15, 0.2) is 24.3 Å². The van der Waals surface area contributed by atoms with E-state index < -0.39 is 0 Å². The van der Waals surface area contributed by atoms with Crippen molar-refractivity contribution in [3.63, 3.8) is 0 Å². The molecule has 1 atom stereocenters. The molecule has 1 aromatic carbocycles. The summed E-state index contributed by atoms with van der Waals surface area (Å²) in [7, 11) is 0. The van der Waals surface area contributed by atoms with E-state index in [1.807, 2.05) is 24.3 Å². The lowest BCUT2D eigenvalue weighted by Gasteiger charge is -2.20. The molecule has 1 saturated heterocycles. The molecule has 1 saturated carbocycles. The SMILES string of the molecule is O=C(CC1CCCCC1)Nc1cccc(OCC2CCCO2)c1. The highest BCUT2D eigenvalue weighted by atomic mass is 16.5. The number of rotatable bonds is 6. The van der Waals surface area contributed by atoms with E-state index in [0.717, 1.165) is 30.9 Å². The molecule has 23 heavy (non-hydrogen) atoms. The Morgan fingerprint density at radius 2 is 2.04 bits per heavy atom. The average molecular weight is 317 g/mol. The van der Waals surface area contributed by atoms with Gasteiger partial charge in [-0.25, -0.2) is 0 Å². The van der Waals surface area contributed by atoms with Gasteiger partial charge in [-0.15, -0.1) is 0 Å². The first kappa shape index (κ1) is 16.3. The van der Waals surface area contributed by atoms with E-state index in [0.29, 0.717) is 18.9 Å². The van der Waals surface area contributed by atoms with Crippen LogP contribution in [-0.4, -0.2) is 25.2 Å². The molecule has 0 radical (unpaired) electrons. The van der Waals surface area contributed by atoms with Crippen LogP contribution < -0.4 is 10.1 Å². The first-order chi connectivity index (χ1) is 11.3. The Morgan fingerprint density at radius 3 is 2.83 bits per heavy atom. The summed E-state index contributed by atoms with van der Waals surface area (Å²) in [6.45, 7) is 1.42. The van der Waals surface area contributed by atoms with Gasteiger partial charge in [0.15, 0.2) is 0 Å². The molecular weight excluding hydrogens is 290 g/mol. The molecule has 1 heterocycles. The van der Waals surface area contributed by atoms with Gasteiger partial charge in [0.2, 0.25) is 5.91 Å². The van der Waals surface area contributed by atoms with Gasteiger partial charge in [-0.2, -0.15) is 0 Å². The van der Waals surface area contributed by atoms with Crippen LogP contribution in [0, 0.1) is 5.92 Å². The molecule has 126 valence electrons. The highest BCUT2D eigenvalue weighted by molar-refractivity contribution is 5.91. The van der Waals surface area contributed by atoms with Crippen molar-refractivity contribution in [1.29, 1.82) is 0 Å². The maximum Gasteiger partial charge on any atom is 0.224 e. The van der Waals surface area contributed by atoms with Gasteiger partial charge in [0, 0.05) is 24.8 Å². The highest BCUT2D eigenvalue weighted by Gasteiger charge is 2.18. The average Bonchev–Trinajstić information content (AvgIpc) is 3.07. The van der Waals surface area contributed by atoms with Crippen LogP contribution >= 0.6 is 0 Å². The standard InChI is InChI=1S/C19H27NO3/c21-19(12-15-6-2-1-3-7-15)20-16-8-4-9-17(13-16)23-14-18-10-5-11-22-18/h4,8-9,13,15,18H,1-3,5-7,10-12,14H2,(H,20,21). The molecule has 1 aliphatic heterocycles. The largest absolute Gasteiger partial charge is 0.491 e. The fourth-order valence-electron chi connectivity index (χ4n) is 3.49. The maximum absolute atomic E-state index is 12.2. The van der Waals surface area contributed by atoms with E-state index in [1.165, 1.54) is 32.1 Å². The molecule has 0 aromatic heterocycles. The third kappa shape index (κ3) is 5.24. The van der Waals surface area contributed by atoms with Gasteiger partial charge >= 0.3 is 0 Å². The number of carbonyl (C=O) groups is 1. The summed E-state index contributed by atoms with van der Waals surface area (Å²) in [6.07, 6.45) is 9.27. The summed E-state index contributed by atoms with van der Waals surface area (Å²) in [5.41, 5.74) is 0.815. The van der Waals surface area contributed by atoms with Crippen LogP contribution in [0.2, 0.25) is 0 Å². The number of hydrogen-bond donors (Lipinski definition) is 1. The van der Waals surface area contributed by atoms with Crippen molar-refractivity contribution in [3.05, 3.63) is 24.3 Å². The zero-order valence-corrected chi connectivity index (χ0v) is 13.8. The number of anilines is 1. The van der Waals surface area contributed by atoms with Crippen LogP contribution in [0.5, 0.6) is 5.75 Å². The van der Waals surface area contributed by atoms with Crippen LogP contribution in [-0.2, 0) is 9.53 Å². The molecule has 4 nitrogen and oxygen atoms in total. The zero-order valence-electron chi connectivity index (χ0n) is 13.8. The Balaban J connectivity index is 1.47. The van der Waals surface area contributed by atoms with Gasteiger partial charge in [0.05, 0.1) is 6.10 Å². The van der Waals surface area contributed by atoms with Gasteiger partial charge < -0.3 is 14.8 Å². The first-order valence-corrected chi connectivity index (χ1v) is 8.94. The second kappa shape index (κ2) is 8.34. The molecule has 1 unspecified atom stereocenters. The Kier molecular flexibility index (Phi) is 5.92. The fourth-order valence-corrected chi connectivity index (χ4v) is 3.49. The van der Waals surface area contributed by atoms with E-state index >= 15 is 0 Å². The van der Waals surface area contributed by atoms with E-state index in [-0.39, 0.29) is 12.0 Å². The Morgan fingerprint density at radius 1 is 1.17 bits per heavy atom. The smallest absolute Gasteiger partial charge is 0.224 e. The van der Waals surface area contributed by atoms with E-state index in [9.17, 15) is 4.79 Å². The number of carbonyl (C=O) groups excluding carboxylic acids is 1. The number of nitrogens with one attached hydrogen (secondary N) is 1. The molecule has 4 heteroatoms. The molecular formula is C19H27NO3. The number of benzene rings is 1. The molecule has 0 bridgehead atoms. The summed E-state index contributed by atoms with van der Waals surface area (Å²) in [5.74, 6) is 1.46. The lowest BCUT2D eigenvalue weighted by atomic mass is 9.87. The summed E-state index contributed by atoms with van der Waals surface area (Å²) in [6, 6.07) is 7.65. The van der Waals surface area contributed by atoms with Crippen LogP contribution in [0.25, 0.3) is 0 Å². The second-order valence-corrected chi connectivity index (χ2v) is 6.73. The summed E-state index contributed by atoms with van der Waals surface area (Å²) in [5, 5.41) is 3.01. The van der Waals surface area contributed by atoms with E-state index in [1.54, 1.807) is 0 Å². The van der Waals surface area contributed by atoms with Gasteiger partial charge in [0.25, 0.3) is 0 Å². The third-order valence-electron chi connectivity index (χ3n) is 4.78. The van der Waals surface area contributed by atoms with Crippen LogP contribution in [0.3, 0.4) is 0 Å². The summed E-state index contributed by atoms with van der Waals surface area (Å²) < 4.78 is 11.3. The fraction of sp³-hybridized carbons (Fsp3) is 0.632. The number of hydrogen-bond acceptors (Lipinski definition) is 3. The number of ether oxygens (including phenoxy) is 2. The van der Waals surface area contributed by atoms with Gasteiger partial charge in [-0.05, 0) is 43.7 Å². The molecule has 2 aliphatic rings. The lowest BCUT2D eigenvalue weighted by Crippen LogP contribution is -2.18. The predicted molar refractivity (Wildman–Crippen MR) is 90.7 cm³/mol. The van der Waals surface area contributed by atoms with Crippen molar-refractivity contribution in [3.8, 4) is 5.75 Å². The summed E-state index contributed by atoms with van der Waals surface area (Å²) in [4.78, 5) is 12.2. The van der Waals surface area contributed by atoms with Crippen molar-refractivity contribution < 1.29 is 14.3 Å². The van der Waals surface area contributed by atoms with Crippen molar-refractivity contribution in [2.45, 2.75) is 57.5 Å².